The average molecular weight is 425 g/mol. The number of thiophene rings is 1. The maximum Gasteiger partial charge on any atom is 0.130 e. The van der Waals surface area contributed by atoms with E-state index >= 15 is 0 Å². The molecular formula is C25H20N4OS. The molecule has 0 bridgehead atoms. The molecule has 5 aromatic rings. The fraction of sp³-hybridized carbons (Fsp3) is 0.200. The SMILES string of the molecule is Cc1nc2c([nH]1)COc1cc(-c3cc4ccc5c(c4s3)CCc3[nH]c(C)nc3-5)ccc1-2. The van der Waals surface area contributed by atoms with Crippen LogP contribution in [-0.4, -0.2) is 19.9 Å². The van der Waals surface area contributed by atoms with Gasteiger partial charge in [-0.15, -0.1) is 11.3 Å². The second kappa shape index (κ2) is 6.08. The summed E-state index contributed by atoms with van der Waals surface area (Å²) in [6.07, 6.45) is 2.07. The van der Waals surface area contributed by atoms with Crippen LogP contribution in [0.15, 0.2) is 36.4 Å². The molecule has 0 saturated carbocycles. The first-order valence-corrected chi connectivity index (χ1v) is 11.4. The van der Waals surface area contributed by atoms with E-state index in [1.165, 1.54) is 37.3 Å². The van der Waals surface area contributed by atoms with E-state index in [0.29, 0.717) is 6.61 Å². The number of aryl methyl sites for hydroxylation is 4. The Kier molecular flexibility index (Phi) is 3.39. The third kappa shape index (κ3) is 2.48. The van der Waals surface area contributed by atoms with Gasteiger partial charge in [0.25, 0.3) is 0 Å². The zero-order chi connectivity index (χ0) is 20.7. The molecule has 2 N–H and O–H groups in total. The van der Waals surface area contributed by atoms with Crippen LogP contribution in [0.2, 0.25) is 0 Å². The normalized spacial score (nSPS) is 14.0. The lowest BCUT2D eigenvalue weighted by atomic mass is 9.91. The molecule has 4 heterocycles. The average Bonchev–Trinajstić information content (AvgIpc) is 3.47. The summed E-state index contributed by atoms with van der Waals surface area (Å²) in [4.78, 5) is 17.4. The highest BCUT2D eigenvalue weighted by molar-refractivity contribution is 7.22. The largest absolute Gasteiger partial charge is 0.487 e. The summed E-state index contributed by atoms with van der Waals surface area (Å²) >= 11 is 1.87. The Morgan fingerprint density at radius 2 is 1.65 bits per heavy atom. The number of nitrogens with zero attached hydrogens (tertiary/aromatic N) is 2. The highest BCUT2D eigenvalue weighted by Crippen LogP contribution is 2.44. The summed E-state index contributed by atoms with van der Waals surface area (Å²) in [5.74, 6) is 2.83. The molecular weight excluding hydrogens is 404 g/mol. The Morgan fingerprint density at radius 3 is 2.52 bits per heavy atom. The van der Waals surface area contributed by atoms with Gasteiger partial charge in [-0.05, 0) is 61.4 Å². The predicted octanol–water partition coefficient (Wildman–Crippen LogP) is 5.96. The lowest BCUT2D eigenvalue weighted by Crippen LogP contribution is -2.05. The van der Waals surface area contributed by atoms with E-state index < -0.39 is 0 Å². The van der Waals surface area contributed by atoms with Gasteiger partial charge in [-0.25, -0.2) is 9.97 Å². The van der Waals surface area contributed by atoms with Crippen molar-refractivity contribution in [2.24, 2.45) is 0 Å². The van der Waals surface area contributed by atoms with Gasteiger partial charge in [0.05, 0.1) is 17.1 Å². The van der Waals surface area contributed by atoms with Crippen LogP contribution in [0.5, 0.6) is 5.75 Å². The van der Waals surface area contributed by atoms with Gasteiger partial charge in [0.2, 0.25) is 0 Å². The Morgan fingerprint density at radius 1 is 0.871 bits per heavy atom. The molecule has 5 nitrogen and oxygen atoms in total. The number of H-pyrrole nitrogens is 2. The van der Waals surface area contributed by atoms with Gasteiger partial charge in [-0.2, -0.15) is 0 Å². The Bertz CT molecular complexity index is 1520. The molecule has 0 spiro atoms. The highest BCUT2D eigenvalue weighted by Gasteiger charge is 2.24. The molecule has 0 fully saturated rings. The van der Waals surface area contributed by atoms with Crippen LogP contribution < -0.4 is 4.74 Å². The molecule has 0 amide bonds. The van der Waals surface area contributed by atoms with Crippen molar-refractivity contribution >= 4 is 21.4 Å². The van der Waals surface area contributed by atoms with Crippen molar-refractivity contribution in [1.29, 1.82) is 0 Å². The first-order valence-electron chi connectivity index (χ1n) is 10.6. The topological polar surface area (TPSA) is 66.6 Å². The van der Waals surface area contributed by atoms with Gasteiger partial charge in [0, 0.05) is 26.4 Å². The van der Waals surface area contributed by atoms with E-state index in [0.717, 1.165) is 52.9 Å². The molecule has 2 aromatic carbocycles. The first-order chi connectivity index (χ1) is 15.1. The molecule has 31 heavy (non-hydrogen) atoms. The summed E-state index contributed by atoms with van der Waals surface area (Å²) in [6, 6.07) is 13.3. The van der Waals surface area contributed by atoms with E-state index in [1.807, 2.05) is 25.2 Å². The summed E-state index contributed by atoms with van der Waals surface area (Å²) in [5, 5.41) is 1.30. The molecule has 2 aliphatic rings. The zero-order valence-electron chi connectivity index (χ0n) is 17.3. The number of ether oxygens (including phenoxy) is 1. The lowest BCUT2D eigenvalue weighted by molar-refractivity contribution is 0.298. The number of hydrogen-bond acceptors (Lipinski definition) is 4. The number of fused-ring (bicyclic) bond motifs is 8. The minimum absolute atomic E-state index is 0.540. The van der Waals surface area contributed by atoms with Gasteiger partial charge in [-0.1, -0.05) is 18.2 Å². The third-order valence-electron chi connectivity index (χ3n) is 6.36. The minimum atomic E-state index is 0.540. The molecule has 1 aliphatic heterocycles. The van der Waals surface area contributed by atoms with Gasteiger partial charge in [0.15, 0.2) is 0 Å². The molecule has 0 radical (unpaired) electrons. The molecule has 7 rings (SSSR count). The summed E-state index contributed by atoms with van der Waals surface area (Å²) in [7, 11) is 0. The first kappa shape index (κ1) is 17.3. The van der Waals surface area contributed by atoms with Gasteiger partial charge < -0.3 is 14.7 Å². The van der Waals surface area contributed by atoms with Crippen LogP contribution in [0.1, 0.15) is 28.6 Å². The van der Waals surface area contributed by atoms with E-state index in [-0.39, 0.29) is 0 Å². The van der Waals surface area contributed by atoms with Crippen molar-refractivity contribution < 1.29 is 4.74 Å². The standard InChI is InChI=1S/C25H20N4OS/c1-12-26-19-8-7-17-16(23(19)28-12)5-4-15-10-22(31-25(15)17)14-3-6-18-21(9-14)30-11-20-24(18)29-13(2)27-20/h3-6,9-10H,7-8,11H2,1-2H3,(H,26,28)(H,27,29). The van der Waals surface area contributed by atoms with E-state index in [1.54, 1.807) is 0 Å². The molecule has 152 valence electrons. The lowest BCUT2D eigenvalue weighted by Gasteiger charge is -2.17. The highest BCUT2D eigenvalue weighted by atomic mass is 32.1. The van der Waals surface area contributed by atoms with E-state index in [4.69, 9.17) is 9.72 Å². The molecule has 0 saturated heterocycles. The summed E-state index contributed by atoms with van der Waals surface area (Å²) in [6.45, 7) is 4.56. The number of nitrogens with one attached hydrogen (secondary N) is 2. The number of aromatic nitrogens is 4. The number of hydrogen-bond donors (Lipinski definition) is 2. The van der Waals surface area contributed by atoms with Crippen LogP contribution in [0.25, 0.3) is 43.0 Å². The monoisotopic (exact) mass is 424 g/mol. The fourth-order valence-corrected chi connectivity index (χ4v) is 6.21. The summed E-state index contributed by atoms with van der Waals surface area (Å²) < 4.78 is 7.43. The molecule has 3 aromatic heterocycles. The van der Waals surface area contributed by atoms with Crippen molar-refractivity contribution in [2.75, 3.05) is 0 Å². The summed E-state index contributed by atoms with van der Waals surface area (Å²) in [5.41, 5.74) is 9.43. The van der Waals surface area contributed by atoms with E-state index in [2.05, 4.69) is 51.4 Å². The van der Waals surface area contributed by atoms with Crippen molar-refractivity contribution in [3.8, 4) is 38.7 Å². The van der Waals surface area contributed by atoms with Gasteiger partial charge >= 0.3 is 0 Å². The van der Waals surface area contributed by atoms with Crippen LogP contribution in [0, 0.1) is 13.8 Å². The Balaban J connectivity index is 1.35. The maximum absolute atomic E-state index is 6.05. The van der Waals surface area contributed by atoms with Crippen LogP contribution >= 0.6 is 11.3 Å². The van der Waals surface area contributed by atoms with Crippen molar-refractivity contribution in [2.45, 2.75) is 33.3 Å². The zero-order valence-corrected chi connectivity index (χ0v) is 18.1. The molecule has 6 heteroatoms. The quantitative estimate of drug-likeness (QED) is 0.349. The fourth-order valence-electron chi connectivity index (χ4n) is 4.98. The van der Waals surface area contributed by atoms with Crippen LogP contribution in [-0.2, 0) is 19.4 Å². The number of benzene rings is 2. The molecule has 1 aliphatic carbocycles. The maximum atomic E-state index is 6.05. The number of aromatic amines is 2. The number of imidazole rings is 2. The molecule has 0 unspecified atom stereocenters. The second-order valence-electron chi connectivity index (χ2n) is 8.42. The van der Waals surface area contributed by atoms with Gasteiger partial charge in [0.1, 0.15) is 24.0 Å². The van der Waals surface area contributed by atoms with Crippen LogP contribution in [0.4, 0.5) is 0 Å². The second-order valence-corrected chi connectivity index (χ2v) is 9.47. The van der Waals surface area contributed by atoms with Crippen LogP contribution in [0.3, 0.4) is 0 Å². The molecule has 0 atom stereocenters. The van der Waals surface area contributed by atoms with Crippen molar-refractivity contribution in [3.63, 3.8) is 0 Å². The van der Waals surface area contributed by atoms with Crippen molar-refractivity contribution in [3.05, 3.63) is 65.0 Å². The van der Waals surface area contributed by atoms with Gasteiger partial charge in [-0.3, -0.25) is 0 Å². The Labute approximate surface area is 183 Å². The Hall–Kier alpha value is -3.38. The third-order valence-corrected chi connectivity index (χ3v) is 7.62. The minimum Gasteiger partial charge on any atom is -0.487 e. The number of rotatable bonds is 1. The smallest absolute Gasteiger partial charge is 0.130 e. The van der Waals surface area contributed by atoms with Crippen molar-refractivity contribution in [1.82, 2.24) is 19.9 Å². The predicted molar refractivity (Wildman–Crippen MR) is 124 cm³/mol. The van der Waals surface area contributed by atoms with E-state index in [9.17, 15) is 0 Å².